The molecular weight excluding hydrogens is 322 g/mol. The Hall–Kier alpha value is -2.57. The predicted molar refractivity (Wildman–Crippen MR) is 90.9 cm³/mol. The van der Waals surface area contributed by atoms with Gasteiger partial charge in [-0.1, -0.05) is 0 Å². The third-order valence-electron chi connectivity index (χ3n) is 4.38. The minimum absolute atomic E-state index is 0.0719. The number of rotatable bonds is 5. The molecule has 2 aromatic heterocycles. The topological polar surface area (TPSA) is 86.5 Å². The number of carbonyl (C=O) groups excluding carboxylic acids is 1. The lowest BCUT2D eigenvalue weighted by Gasteiger charge is -2.29. The first-order valence-corrected chi connectivity index (χ1v) is 8.45. The van der Waals surface area contributed by atoms with Crippen molar-refractivity contribution in [3.8, 4) is 11.8 Å². The summed E-state index contributed by atoms with van der Waals surface area (Å²) in [5.41, 5.74) is 0.613. The van der Waals surface area contributed by atoms with Crippen molar-refractivity contribution >= 4 is 5.91 Å². The van der Waals surface area contributed by atoms with Crippen molar-refractivity contribution in [2.24, 2.45) is 0 Å². The summed E-state index contributed by atoms with van der Waals surface area (Å²) in [7, 11) is 1.55. The Balaban J connectivity index is 1.50. The molecule has 3 rings (SSSR count). The average Bonchev–Trinajstić information content (AvgIpc) is 2.95. The average molecular weight is 345 g/mol. The van der Waals surface area contributed by atoms with Crippen LogP contribution in [0, 0.1) is 13.8 Å². The molecule has 2 heterocycles. The summed E-state index contributed by atoms with van der Waals surface area (Å²) in [6.45, 7) is 3.65. The van der Waals surface area contributed by atoms with E-state index in [1.807, 2.05) is 13.8 Å². The molecule has 25 heavy (non-hydrogen) atoms. The maximum atomic E-state index is 12.4. The van der Waals surface area contributed by atoms with Crippen LogP contribution < -0.4 is 14.8 Å². The molecule has 1 aliphatic carbocycles. The van der Waals surface area contributed by atoms with E-state index in [0.717, 1.165) is 31.4 Å². The van der Waals surface area contributed by atoms with E-state index in [-0.39, 0.29) is 18.1 Å². The van der Waals surface area contributed by atoms with E-state index in [1.54, 1.807) is 25.6 Å². The summed E-state index contributed by atoms with van der Waals surface area (Å²) >= 11 is 0. The zero-order chi connectivity index (χ0) is 17.8. The number of hydrogen-bond donors (Lipinski definition) is 1. The fourth-order valence-electron chi connectivity index (χ4n) is 3.10. The van der Waals surface area contributed by atoms with Crippen molar-refractivity contribution in [1.29, 1.82) is 0 Å². The van der Waals surface area contributed by atoms with Crippen LogP contribution in [0.15, 0.2) is 22.9 Å². The van der Waals surface area contributed by atoms with Gasteiger partial charge in [-0.15, -0.1) is 0 Å². The van der Waals surface area contributed by atoms with E-state index in [9.17, 15) is 4.79 Å². The van der Waals surface area contributed by atoms with E-state index in [2.05, 4.69) is 15.3 Å². The molecule has 0 aliphatic heterocycles. The highest BCUT2D eigenvalue weighted by Crippen LogP contribution is 2.24. The van der Waals surface area contributed by atoms with Gasteiger partial charge in [0.05, 0.1) is 25.1 Å². The zero-order valence-corrected chi connectivity index (χ0v) is 14.7. The van der Waals surface area contributed by atoms with Gasteiger partial charge in [-0.2, -0.15) is 4.98 Å². The molecule has 0 spiro atoms. The summed E-state index contributed by atoms with van der Waals surface area (Å²) in [5, 5.41) is 3.09. The van der Waals surface area contributed by atoms with E-state index in [0.29, 0.717) is 23.1 Å². The van der Waals surface area contributed by atoms with E-state index in [4.69, 9.17) is 13.9 Å². The summed E-state index contributed by atoms with van der Waals surface area (Å²) in [4.78, 5) is 20.6. The SMILES string of the molecule is COc1cncc(OC2CCC(NC(=O)c3cc(C)oc3C)CC2)n1. The molecule has 0 aromatic carbocycles. The molecule has 134 valence electrons. The molecule has 0 radical (unpaired) electrons. The van der Waals surface area contributed by atoms with Crippen LogP contribution in [0.5, 0.6) is 11.8 Å². The molecule has 1 amide bonds. The number of carbonyl (C=O) groups is 1. The Kier molecular flexibility index (Phi) is 5.21. The second-order valence-corrected chi connectivity index (χ2v) is 6.29. The maximum Gasteiger partial charge on any atom is 0.255 e. The molecule has 0 unspecified atom stereocenters. The number of ether oxygens (including phenoxy) is 2. The lowest BCUT2D eigenvalue weighted by atomic mass is 9.92. The summed E-state index contributed by atoms with van der Waals surface area (Å²) in [6.07, 6.45) is 6.64. The van der Waals surface area contributed by atoms with Crippen molar-refractivity contribution in [1.82, 2.24) is 15.3 Å². The number of furan rings is 1. The molecule has 1 aliphatic rings. The van der Waals surface area contributed by atoms with Gasteiger partial charge in [-0.3, -0.25) is 9.78 Å². The van der Waals surface area contributed by atoms with Crippen molar-refractivity contribution < 1.29 is 18.7 Å². The zero-order valence-electron chi connectivity index (χ0n) is 14.7. The van der Waals surface area contributed by atoms with E-state index >= 15 is 0 Å². The molecule has 7 heteroatoms. The molecule has 0 saturated heterocycles. The largest absolute Gasteiger partial charge is 0.480 e. The number of nitrogens with one attached hydrogen (secondary N) is 1. The normalized spacial score (nSPS) is 20.1. The fourth-order valence-corrected chi connectivity index (χ4v) is 3.10. The molecule has 2 aromatic rings. The smallest absolute Gasteiger partial charge is 0.255 e. The van der Waals surface area contributed by atoms with Gasteiger partial charge < -0.3 is 19.2 Å². The first-order chi connectivity index (χ1) is 12.0. The van der Waals surface area contributed by atoms with Crippen molar-refractivity contribution in [2.75, 3.05) is 7.11 Å². The van der Waals surface area contributed by atoms with Crippen LogP contribution in [0.25, 0.3) is 0 Å². The van der Waals surface area contributed by atoms with Gasteiger partial charge >= 0.3 is 0 Å². The molecule has 0 atom stereocenters. The minimum Gasteiger partial charge on any atom is -0.480 e. The first-order valence-electron chi connectivity index (χ1n) is 8.45. The number of aryl methyl sites for hydroxylation is 2. The number of hydrogen-bond acceptors (Lipinski definition) is 6. The fraction of sp³-hybridized carbons (Fsp3) is 0.500. The highest BCUT2D eigenvalue weighted by molar-refractivity contribution is 5.95. The van der Waals surface area contributed by atoms with Crippen LogP contribution in [0.4, 0.5) is 0 Å². The summed E-state index contributed by atoms with van der Waals surface area (Å²) in [5.74, 6) is 2.24. The van der Waals surface area contributed by atoms with E-state index in [1.165, 1.54) is 0 Å². The van der Waals surface area contributed by atoms with Crippen LogP contribution in [0.2, 0.25) is 0 Å². The Morgan fingerprint density at radius 2 is 1.92 bits per heavy atom. The van der Waals surface area contributed by atoms with Gasteiger partial charge in [-0.25, -0.2) is 0 Å². The quantitative estimate of drug-likeness (QED) is 0.897. The number of amides is 1. The van der Waals surface area contributed by atoms with Crippen LogP contribution >= 0.6 is 0 Å². The van der Waals surface area contributed by atoms with Gasteiger partial charge in [0.15, 0.2) is 0 Å². The van der Waals surface area contributed by atoms with Crippen LogP contribution in [-0.4, -0.2) is 35.1 Å². The molecule has 1 N–H and O–H groups in total. The highest BCUT2D eigenvalue weighted by Gasteiger charge is 2.25. The Bertz CT molecular complexity index is 736. The van der Waals surface area contributed by atoms with Gasteiger partial charge in [-0.05, 0) is 45.6 Å². The number of methoxy groups -OCH3 is 1. The number of nitrogens with zero attached hydrogens (tertiary/aromatic N) is 2. The summed E-state index contributed by atoms with van der Waals surface area (Å²) < 4.78 is 16.3. The molecule has 1 saturated carbocycles. The van der Waals surface area contributed by atoms with E-state index < -0.39 is 0 Å². The predicted octanol–water partition coefficient (Wildman–Crippen LogP) is 2.82. The summed E-state index contributed by atoms with van der Waals surface area (Å²) in [6, 6.07) is 1.93. The third-order valence-corrected chi connectivity index (χ3v) is 4.38. The third kappa shape index (κ3) is 4.29. The molecular formula is C18H23N3O4. The Labute approximate surface area is 146 Å². The van der Waals surface area contributed by atoms with Crippen LogP contribution in [-0.2, 0) is 0 Å². The number of aromatic nitrogens is 2. The van der Waals surface area contributed by atoms with Gasteiger partial charge in [0.1, 0.15) is 17.6 Å². The Morgan fingerprint density at radius 1 is 1.20 bits per heavy atom. The standard InChI is InChI=1S/C18H23N3O4/c1-11-8-15(12(2)24-11)18(22)20-13-4-6-14(7-5-13)25-17-10-19-9-16(21-17)23-3/h8-10,13-14H,4-7H2,1-3H3,(H,20,22). The lowest BCUT2D eigenvalue weighted by molar-refractivity contribution is 0.0887. The van der Waals surface area contributed by atoms with Gasteiger partial charge in [0.2, 0.25) is 11.8 Å². The lowest BCUT2D eigenvalue weighted by Crippen LogP contribution is -2.39. The highest BCUT2D eigenvalue weighted by atomic mass is 16.5. The molecule has 1 fully saturated rings. The second-order valence-electron chi connectivity index (χ2n) is 6.29. The Morgan fingerprint density at radius 3 is 2.56 bits per heavy atom. The maximum absolute atomic E-state index is 12.4. The van der Waals surface area contributed by atoms with Crippen molar-refractivity contribution in [2.45, 2.75) is 51.7 Å². The molecule has 0 bridgehead atoms. The molecule has 7 nitrogen and oxygen atoms in total. The monoisotopic (exact) mass is 345 g/mol. The van der Waals surface area contributed by atoms with Crippen molar-refractivity contribution in [3.63, 3.8) is 0 Å². The van der Waals surface area contributed by atoms with Crippen LogP contribution in [0.3, 0.4) is 0 Å². The first kappa shape index (κ1) is 17.3. The van der Waals surface area contributed by atoms with Crippen LogP contribution in [0.1, 0.15) is 47.6 Å². The van der Waals surface area contributed by atoms with Crippen molar-refractivity contribution in [3.05, 3.63) is 35.5 Å². The van der Waals surface area contributed by atoms with Gasteiger partial charge in [0.25, 0.3) is 5.91 Å². The minimum atomic E-state index is -0.0719. The second kappa shape index (κ2) is 7.55. The van der Waals surface area contributed by atoms with Gasteiger partial charge in [0, 0.05) is 6.04 Å².